The highest BCUT2D eigenvalue weighted by Crippen LogP contribution is 2.32. The number of anilines is 1. The Bertz CT molecular complexity index is 466. The molecule has 0 bridgehead atoms. The number of benzene rings is 1. The molecule has 3 N–H and O–H groups in total. The molecule has 1 heterocycles. The van der Waals surface area contributed by atoms with Crippen LogP contribution in [0.2, 0.25) is 0 Å². The van der Waals surface area contributed by atoms with Crippen molar-refractivity contribution in [2.24, 2.45) is 0 Å². The number of fused-ring (bicyclic) bond motifs is 1. The van der Waals surface area contributed by atoms with E-state index in [0.29, 0.717) is 11.6 Å². The highest BCUT2D eigenvalue weighted by Gasteiger charge is 2.07. The summed E-state index contributed by atoms with van der Waals surface area (Å²) in [7, 11) is 0. The van der Waals surface area contributed by atoms with Gasteiger partial charge in [-0.25, -0.2) is 0 Å². The van der Waals surface area contributed by atoms with Crippen LogP contribution in [0.4, 0.5) is 5.69 Å². The fraction of sp³-hybridized carbons (Fsp3) is 0.200. The van der Waals surface area contributed by atoms with Crippen molar-refractivity contribution < 1.29 is 5.11 Å². The molecule has 0 aliphatic carbocycles. The number of hydrogen-bond acceptors (Lipinski definition) is 3. The van der Waals surface area contributed by atoms with E-state index >= 15 is 0 Å². The summed E-state index contributed by atoms with van der Waals surface area (Å²) in [5, 5.41) is 12.2. The van der Waals surface area contributed by atoms with Crippen LogP contribution in [0.15, 0.2) is 17.5 Å². The van der Waals surface area contributed by atoms with Crippen LogP contribution in [0.5, 0.6) is 0 Å². The van der Waals surface area contributed by atoms with Crippen molar-refractivity contribution in [3.8, 4) is 0 Å². The third kappa shape index (κ3) is 1.47. The van der Waals surface area contributed by atoms with Crippen LogP contribution in [0.25, 0.3) is 10.1 Å². The van der Waals surface area contributed by atoms with Crippen molar-refractivity contribution in [1.29, 1.82) is 0 Å². The number of hydrogen-bond donors (Lipinski definition) is 2. The molecule has 0 unspecified atom stereocenters. The SMILES string of the molecule is Nc1cc(CO)c2scc(CCl)c2c1. The lowest BCUT2D eigenvalue weighted by molar-refractivity contribution is 0.283. The molecule has 14 heavy (non-hydrogen) atoms. The molecular formula is C10H10ClNOS. The molecule has 0 aliphatic rings. The molecule has 0 atom stereocenters. The molecule has 74 valence electrons. The van der Waals surface area contributed by atoms with E-state index < -0.39 is 0 Å². The van der Waals surface area contributed by atoms with Gasteiger partial charge in [0.1, 0.15) is 0 Å². The molecule has 0 saturated carbocycles. The summed E-state index contributed by atoms with van der Waals surface area (Å²) >= 11 is 7.40. The van der Waals surface area contributed by atoms with Crippen molar-refractivity contribution in [3.05, 3.63) is 28.6 Å². The lowest BCUT2D eigenvalue weighted by atomic mass is 10.1. The molecule has 0 fully saturated rings. The minimum atomic E-state index is 0.0176. The predicted octanol–water partition coefficient (Wildman–Crippen LogP) is 2.71. The first-order chi connectivity index (χ1) is 6.76. The Hall–Kier alpha value is -0.770. The van der Waals surface area contributed by atoms with Gasteiger partial charge in [-0.3, -0.25) is 0 Å². The molecule has 0 amide bonds. The minimum absolute atomic E-state index is 0.0176. The first kappa shape index (κ1) is 9.77. The van der Waals surface area contributed by atoms with E-state index in [1.165, 1.54) is 0 Å². The first-order valence-electron chi connectivity index (χ1n) is 4.21. The van der Waals surface area contributed by atoms with Crippen LogP contribution >= 0.6 is 22.9 Å². The second kappa shape index (κ2) is 3.77. The van der Waals surface area contributed by atoms with Gasteiger partial charge in [0.05, 0.1) is 6.61 Å². The number of nitrogens with two attached hydrogens (primary N) is 1. The Kier molecular flexibility index (Phi) is 2.63. The molecule has 2 aromatic rings. The second-order valence-corrected chi connectivity index (χ2v) is 4.26. The van der Waals surface area contributed by atoms with E-state index in [9.17, 15) is 0 Å². The lowest BCUT2D eigenvalue weighted by Gasteiger charge is -2.02. The lowest BCUT2D eigenvalue weighted by Crippen LogP contribution is -1.90. The van der Waals surface area contributed by atoms with Gasteiger partial charge in [-0.1, -0.05) is 0 Å². The Morgan fingerprint density at radius 1 is 1.36 bits per heavy atom. The van der Waals surface area contributed by atoms with Crippen molar-refractivity contribution in [3.63, 3.8) is 0 Å². The maximum atomic E-state index is 9.16. The van der Waals surface area contributed by atoms with Gasteiger partial charge >= 0.3 is 0 Å². The second-order valence-electron chi connectivity index (χ2n) is 3.11. The van der Waals surface area contributed by atoms with Gasteiger partial charge in [0.15, 0.2) is 0 Å². The summed E-state index contributed by atoms with van der Waals surface area (Å²) in [6, 6.07) is 3.71. The number of rotatable bonds is 2. The van der Waals surface area contributed by atoms with Crippen molar-refractivity contribution >= 4 is 38.7 Å². The van der Waals surface area contributed by atoms with Gasteiger partial charge in [0.25, 0.3) is 0 Å². The summed E-state index contributed by atoms with van der Waals surface area (Å²) in [5.41, 5.74) is 8.36. The van der Waals surface area contributed by atoms with Crippen LogP contribution < -0.4 is 5.73 Å². The molecule has 1 aromatic carbocycles. The Morgan fingerprint density at radius 3 is 2.79 bits per heavy atom. The smallest absolute Gasteiger partial charge is 0.0696 e. The van der Waals surface area contributed by atoms with Crippen LogP contribution in [0.3, 0.4) is 0 Å². The number of aliphatic hydroxyl groups is 1. The standard InChI is InChI=1S/C10H10ClNOS/c11-3-7-5-14-10-6(4-13)1-8(12)2-9(7)10/h1-2,5,13H,3-4,12H2. The average molecular weight is 228 g/mol. The highest BCUT2D eigenvalue weighted by molar-refractivity contribution is 7.17. The van der Waals surface area contributed by atoms with E-state index in [-0.39, 0.29) is 6.61 Å². The highest BCUT2D eigenvalue weighted by atomic mass is 35.5. The van der Waals surface area contributed by atoms with Gasteiger partial charge < -0.3 is 10.8 Å². The average Bonchev–Trinajstić information content (AvgIpc) is 2.59. The number of alkyl halides is 1. The fourth-order valence-corrected chi connectivity index (χ4v) is 2.88. The third-order valence-electron chi connectivity index (χ3n) is 2.17. The van der Waals surface area contributed by atoms with Crippen molar-refractivity contribution in [2.75, 3.05) is 5.73 Å². The van der Waals surface area contributed by atoms with E-state index in [1.54, 1.807) is 17.4 Å². The van der Waals surface area contributed by atoms with E-state index in [4.69, 9.17) is 22.4 Å². The van der Waals surface area contributed by atoms with Crippen molar-refractivity contribution in [2.45, 2.75) is 12.5 Å². The molecule has 0 saturated heterocycles. The molecule has 2 rings (SSSR count). The zero-order valence-corrected chi connectivity index (χ0v) is 9.03. The topological polar surface area (TPSA) is 46.2 Å². The largest absolute Gasteiger partial charge is 0.399 e. The zero-order valence-electron chi connectivity index (χ0n) is 7.46. The van der Waals surface area contributed by atoms with Gasteiger partial charge in [-0.05, 0) is 34.0 Å². The van der Waals surface area contributed by atoms with Crippen LogP contribution in [0, 0.1) is 0 Å². The Balaban J connectivity index is 2.76. The van der Waals surface area contributed by atoms with Crippen LogP contribution in [0.1, 0.15) is 11.1 Å². The molecular weight excluding hydrogens is 218 g/mol. The van der Waals surface area contributed by atoms with E-state index in [0.717, 1.165) is 21.2 Å². The quantitative estimate of drug-likeness (QED) is 0.612. The summed E-state index contributed by atoms with van der Waals surface area (Å²) in [6.07, 6.45) is 0. The molecule has 0 aliphatic heterocycles. The maximum Gasteiger partial charge on any atom is 0.0696 e. The van der Waals surface area contributed by atoms with Gasteiger partial charge in [-0.2, -0.15) is 0 Å². The minimum Gasteiger partial charge on any atom is -0.399 e. The maximum absolute atomic E-state index is 9.16. The number of halogens is 1. The Morgan fingerprint density at radius 2 is 2.14 bits per heavy atom. The van der Waals surface area contributed by atoms with Crippen LogP contribution in [-0.4, -0.2) is 5.11 Å². The van der Waals surface area contributed by atoms with Crippen molar-refractivity contribution in [1.82, 2.24) is 0 Å². The number of thiophene rings is 1. The summed E-state index contributed by atoms with van der Waals surface area (Å²) in [6.45, 7) is 0.0176. The van der Waals surface area contributed by atoms with Crippen LogP contribution in [-0.2, 0) is 12.5 Å². The van der Waals surface area contributed by atoms with E-state index in [1.807, 2.05) is 11.4 Å². The monoisotopic (exact) mass is 227 g/mol. The van der Waals surface area contributed by atoms with Gasteiger partial charge in [0.2, 0.25) is 0 Å². The number of aliphatic hydroxyl groups excluding tert-OH is 1. The normalized spacial score (nSPS) is 11.0. The summed E-state index contributed by atoms with van der Waals surface area (Å²) in [5.74, 6) is 0.480. The van der Waals surface area contributed by atoms with Gasteiger partial charge in [0, 0.05) is 16.3 Å². The van der Waals surface area contributed by atoms with Gasteiger partial charge in [-0.15, -0.1) is 22.9 Å². The fourth-order valence-electron chi connectivity index (χ4n) is 1.51. The van der Waals surface area contributed by atoms with E-state index in [2.05, 4.69) is 0 Å². The third-order valence-corrected chi connectivity index (χ3v) is 3.58. The zero-order chi connectivity index (χ0) is 10.1. The molecule has 4 heteroatoms. The molecule has 0 spiro atoms. The molecule has 0 radical (unpaired) electrons. The number of nitrogen functional groups attached to an aromatic ring is 1. The first-order valence-corrected chi connectivity index (χ1v) is 5.63. The summed E-state index contributed by atoms with van der Waals surface area (Å²) < 4.78 is 1.08. The Labute approximate surface area is 90.9 Å². The molecule has 1 aromatic heterocycles. The molecule has 2 nitrogen and oxygen atoms in total. The summed E-state index contributed by atoms with van der Waals surface area (Å²) in [4.78, 5) is 0. The predicted molar refractivity (Wildman–Crippen MR) is 61.7 cm³/mol.